The molecule has 0 nitrogen and oxygen atoms in total. The lowest BCUT2D eigenvalue weighted by Crippen LogP contribution is -1.69. The summed E-state index contributed by atoms with van der Waals surface area (Å²) in [6.07, 6.45) is 0. The lowest BCUT2D eigenvalue weighted by atomic mass is 10.4. The highest BCUT2D eigenvalue weighted by Crippen LogP contribution is 2.34. The van der Waals surface area contributed by atoms with E-state index in [1.54, 1.807) is 23.1 Å². The van der Waals surface area contributed by atoms with Gasteiger partial charge in [-0.3, -0.25) is 0 Å². The predicted octanol–water partition coefficient (Wildman–Crippen LogP) is 4.19. The number of rotatable bonds is 2. The van der Waals surface area contributed by atoms with E-state index >= 15 is 0 Å². The van der Waals surface area contributed by atoms with E-state index in [4.69, 9.17) is 0 Å². The average Bonchev–Trinajstić information content (AvgIpc) is 2.54. The molecule has 1 heterocycles. The molecule has 0 radical (unpaired) electrons. The SMILES string of the molecule is Sc1cscc1Sc1ccccc1. The number of thiophene rings is 1. The summed E-state index contributed by atoms with van der Waals surface area (Å²) in [6.45, 7) is 0. The Hall–Kier alpha value is -0.380. The molecule has 0 unspecified atom stereocenters. The van der Waals surface area contributed by atoms with Gasteiger partial charge in [-0.2, -0.15) is 11.3 Å². The zero-order valence-electron chi connectivity index (χ0n) is 6.81. The van der Waals surface area contributed by atoms with Crippen molar-refractivity contribution in [3.8, 4) is 0 Å². The number of hydrogen-bond acceptors (Lipinski definition) is 3. The first kappa shape index (κ1) is 9.19. The van der Waals surface area contributed by atoms with Crippen LogP contribution < -0.4 is 0 Å². The molecule has 0 saturated carbocycles. The van der Waals surface area contributed by atoms with E-state index in [1.807, 2.05) is 23.6 Å². The zero-order chi connectivity index (χ0) is 9.10. The largest absolute Gasteiger partial charge is 0.150 e. The van der Waals surface area contributed by atoms with Gasteiger partial charge in [-0.1, -0.05) is 30.0 Å². The highest BCUT2D eigenvalue weighted by Gasteiger charge is 2.01. The second-order valence-electron chi connectivity index (χ2n) is 2.54. The van der Waals surface area contributed by atoms with Gasteiger partial charge in [0.2, 0.25) is 0 Å². The topological polar surface area (TPSA) is 0 Å². The number of hydrogen-bond donors (Lipinski definition) is 1. The van der Waals surface area contributed by atoms with Crippen molar-refractivity contribution in [3.05, 3.63) is 41.1 Å². The maximum atomic E-state index is 4.37. The summed E-state index contributed by atoms with van der Waals surface area (Å²) in [5, 5.41) is 4.17. The molecule has 0 spiro atoms. The molecule has 0 saturated heterocycles. The zero-order valence-corrected chi connectivity index (χ0v) is 9.33. The Labute approximate surface area is 91.4 Å². The second kappa shape index (κ2) is 4.22. The smallest absolute Gasteiger partial charge is 0.0362 e. The Balaban J connectivity index is 2.20. The lowest BCUT2D eigenvalue weighted by Gasteiger charge is -1.98. The van der Waals surface area contributed by atoms with Crippen LogP contribution >= 0.6 is 35.7 Å². The molecule has 0 aliphatic rings. The molecule has 0 atom stereocenters. The van der Waals surface area contributed by atoms with E-state index in [-0.39, 0.29) is 0 Å². The van der Waals surface area contributed by atoms with Crippen molar-refractivity contribution in [2.24, 2.45) is 0 Å². The van der Waals surface area contributed by atoms with Crippen LogP contribution in [0.2, 0.25) is 0 Å². The van der Waals surface area contributed by atoms with Gasteiger partial charge >= 0.3 is 0 Å². The Kier molecular flexibility index (Phi) is 2.98. The molecule has 0 aliphatic carbocycles. The Morgan fingerprint density at radius 1 is 1.08 bits per heavy atom. The van der Waals surface area contributed by atoms with Crippen LogP contribution in [0, 0.1) is 0 Å². The minimum absolute atomic E-state index is 1.07. The second-order valence-corrected chi connectivity index (χ2v) is 4.88. The fraction of sp³-hybridized carbons (Fsp3) is 0. The van der Waals surface area contributed by atoms with Crippen LogP contribution in [-0.2, 0) is 0 Å². The Morgan fingerprint density at radius 3 is 2.46 bits per heavy atom. The van der Waals surface area contributed by atoms with Crippen LogP contribution in [0.15, 0.2) is 55.8 Å². The average molecular weight is 224 g/mol. The van der Waals surface area contributed by atoms with Crippen molar-refractivity contribution in [3.63, 3.8) is 0 Å². The van der Waals surface area contributed by atoms with Crippen LogP contribution in [0.1, 0.15) is 0 Å². The van der Waals surface area contributed by atoms with Crippen LogP contribution in [0.5, 0.6) is 0 Å². The van der Waals surface area contributed by atoms with Crippen molar-refractivity contribution in [1.29, 1.82) is 0 Å². The monoisotopic (exact) mass is 224 g/mol. The molecule has 0 N–H and O–H groups in total. The van der Waals surface area contributed by atoms with Gasteiger partial charge in [-0.15, -0.1) is 12.6 Å². The van der Waals surface area contributed by atoms with E-state index in [0.29, 0.717) is 0 Å². The highest BCUT2D eigenvalue weighted by molar-refractivity contribution is 8.00. The quantitative estimate of drug-likeness (QED) is 0.746. The molecule has 0 fully saturated rings. The van der Waals surface area contributed by atoms with Crippen molar-refractivity contribution >= 4 is 35.7 Å². The number of benzene rings is 1. The molecule has 2 aromatic rings. The molecule has 3 heteroatoms. The maximum Gasteiger partial charge on any atom is 0.0362 e. The summed E-state index contributed by atoms with van der Waals surface area (Å²) in [6, 6.07) is 10.3. The first-order valence-corrected chi connectivity index (χ1v) is 6.05. The standard InChI is InChI=1S/C10H8S3/c11-9-6-12-7-10(9)13-8-4-2-1-3-5-8/h1-7,11H. The van der Waals surface area contributed by atoms with Gasteiger partial charge in [-0.25, -0.2) is 0 Å². The predicted molar refractivity (Wildman–Crippen MR) is 62.1 cm³/mol. The van der Waals surface area contributed by atoms with Crippen LogP contribution in [0.3, 0.4) is 0 Å². The first-order chi connectivity index (χ1) is 6.36. The highest BCUT2D eigenvalue weighted by atomic mass is 32.2. The minimum atomic E-state index is 1.07. The summed E-state index contributed by atoms with van der Waals surface area (Å²) >= 11 is 7.81. The van der Waals surface area contributed by atoms with Gasteiger partial charge in [0.05, 0.1) is 0 Å². The molecule has 1 aromatic carbocycles. The number of thiol groups is 1. The van der Waals surface area contributed by atoms with Crippen molar-refractivity contribution in [2.75, 3.05) is 0 Å². The minimum Gasteiger partial charge on any atom is -0.150 e. The molecule has 0 aliphatic heterocycles. The molecule has 2 rings (SSSR count). The van der Waals surface area contributed by atoms with Gasteiger partial charge in [0.1, 0.15) is 0 Å². The molecule has 1 aromatic heterocycles. The third-order valence-electron chi connectivity index (χ3n) is 1.58. The maximum absolute atomic E-state index is 4.37. The molecule has 0 bridgehead atoms. The molecular formula is C10H8S3. The summed E-state index contributed by atoms with van der Waals surface area (Å²) in [7, 11) is 0. The van der Waals surface area contributed by atoms with E-state index < -0.39 is 0 Å². The van der Waals surface area contributed by atoms with Gasteiger partial charge in [0.15, 0.2) is 0 Å². The molecule has 0 amide bonds. The van der Waals surface area contributed by atoms with E-state index in [1.165, 1.54) is 9.79 Å². The van der Waals surface area contributed by atoms with Crippen molar-refractivity contribution in [1.82, 2.24) is 0 Å². The third-order valence-corrected chi connectivity index (χ3v) is 4.23. The molecular weight excluding hydrogens is 216 g/mol. The van der Waals surface area contributed by atoms with Gasteiger partial charge in [0, 0.05) is 25.4 Å². The summed E-state index contributed by atoms with van der Waals surface area (Å²) in [5.41, 5.74) is 0. The normalized spacial score (nSPS) is 10.2. The van der Waals surface area contributed by atoms with Crippen molar-refractivity contribution in [2.45, 2.75) is 14.7 Å². The van der Waals surface area contributed by atoms with E-state index in [9.17, 15) is 0 Å². The molecule has 13 heavy (non-hydrogen) atoms. The fourth-order valence-corrected chi connectivity index (χ4v) is 3.16. The van der Waals surface area contributed by atoms with Crippen LogP contribution in [0.25, 0.3) is 0 Å². The van der Waals surface area contributed by atoms with Gasteiger partial charge in [-0.05, 0) is 12.1 Å². The van der Waals surface area contributed by atoms with Gasteiger partial charge in [0.25, 0.3) is 0 Å². The molecule has 66 valence electrons. The van der Waals surface area contributed by atoms with E-state index in [0.717, 1.165) is 4.90 Å². The summed E-state index contributed by atoms with van der Waals surface area (Å²) in [5.74, 6) is 0. The first-order valence-electron chi connectivity index (χ1n) is 3.84. The Bertz CT molecular complexity index is 378. The van der Waals surface area contributed by atoms with Crippen LogP contribution in [0.4, 0.5) is 0 Å². The Morgan fingerprint density at radius 2 is 1.85 bits per heavy atom. The lowest BCUT2D eigenvalue weighted by molar-refractivity contribution is 1.33. The fourth-order valence-electron chi connectivity index (χ4n) is 0.971. The van der Waals surface area contributed by atoms with Crippen LogP contribution in [-0.4, -0.2) is 0 Å². The summed E-state index contributed by atoms with van der Waals surface area (Å²) in [4.78, 5) is 3.56. The third kappa shape index (κ3) is 2.30. The summed E-state index contributed by atoms with van der Waals surface area (Å²) < 4.78 is 0. The van der Waals surface area contributed by atoms with Gasteiger partial charge < -0.3 is 0 Å². The van der Waals surface area contributed by atoms with E-state index in [2.05, 4.69) is 30.1 Å². The van der Waals surface area contributed by atoms with Crippen molar-refractivity contribution < 1.29 is 0 Å².